The van der Waals surface area contributed by atoms with Gasteiger partial charge in [0.15, 0.2) is 0 Å². The minimum absolute atomic E-state index is 0.00353. The molecular formula is C16H18N2O4. The lowest BCUT2D eigenvalue weighted by Crippen LogP contribution is -2.22. The van der Waals surface area contributed by atoms with Crippen LogP contribution in [-0.4, -0.2) is 28.1 Å². The van der Waals surface area contributed by atoms with Crippen LogP contribution < -0.4 is 10.2 Å². The summed E-state index contributed by atoms with van der Waals surface area (Å²) in [5.41, 5.74) is 3.24. The molecule has 0 aliphatic carbocycles. The van der Waals surface area contributed by atoms with Gasteiger partial charge in [-0.1, -0.05) is 0 Å². The summed E-state index contributed by atoms with van der Waals surface area (Å²) in [7, 11) is 1.71. The fourth-order valence-corrected chi connectivity index (χ4v) is 2.18. The lowest BCUT2D eigenvalue weighted by atomic mass is 10.1. The SMILES string of the molecule is CCOc1ccc(C(=O)c2ccc(CC(=O)NO)n2C)cc1. The number of benzene rings is 1. The maximum absolute atomic E-state index is 12.5. The van der Waals surface area contributed by atoms with E-state index >= 15 is 0 Å². The highest BCUT2D eigenvalue weighted by Crippen LogP contribution is 2.17. The number of hydroxylamine groups is 1. The second-order valence-electron chi connectivity index (χ2n) is 4.77. The fourth-order valence-electron chi connectivity index (χ4n) is 2.18. The Labute approximate surface area is 128 Å². The molecule has 2 N–H and O–H groups in total. The Morgan fingerprint density at radius 2 is 1.86 bits per heavy atom. The molecule has 0 fully saturated rings. The maximum atomic E-state index is 12.5. The lowest BCUT2D eigenvalue weighted by Gasteiger charge is -2.07. The van der Waals surface area contributed by atoms with Gasteiger partial charge in [0.25, 0.3) is 0 Å². The minimum atomic E-state index is -0.527. The van der Waals surface area contributed by atoms with Gasteiger partial charge >= 0.3 is 0 Å². The van der Waals surface area contributed by atoms with Crippen LogP contribution >= 0.6 is 0 Å². The molecule has 6 nitrogen and oxygen atoms in total. The fraction of sp³-hybridized carbons (Fsp3) is 0.250. The summed E-state index contributed by atoms with van der Waals surface area (Å²) in [5, 5.41) is 8.56. The van der Waals surface area contributed by atoms with Crippen LogP contribution in [0.4, 0.5) is 0 Å². The zero-order valence-corrected chi connectivity index (χ0v) is 12.5. The highest BCUT2D eigenvalue weighted by molar-refractivity contribution is 6.08. The van der Waals surface area contributed by atoms with Crippen molar-refractivity contribution in [1.29, 1.82) is 0 Å². The average Bonchev–Trinajstić information content (AvgIpc) is 2.88. The number of ether oxygens (including phenoxy) is 1. The molecule has 116 valence electrons. The first-order valence-corrected chi connectivity index (χ1v) is 6.92. The number of nitrogens with zero attached hydrogens (tertiary/aromatic N) is 1. The van der Waals surface area contributed by atoms with E-state index in [9.17, 15) is 9.59 Å². The maximum Gasteiger partial charge on any atom is 0.249 e. The molecule has 0 radical (unpaired) electrons. The quantitative estimate of drug-likeness (QED) is 0.483. The van der Waals surface area contributed by atoms with E-state index in [-0.39, 0.29) is 12.2 Å². The van der Waals surface area contributed by atoms with E-state index in [0.29, 0.717) is 29.3 Å². The monoisotopic (exact) mass is 302 g/mol. The summed E-state index contributed by atoms with van der Waals surface area (Å²) in [6.07, 6.45) is 0.00353. The first-order chi connectivity index (χ1) is 10.6. The summed E-state index contributed by atoms with van der Waals surface area (Å²) in [5.74, 6) is 0.0497. The van der Waals surface area contributed by atoms with E-state index in [4.69, 9.17) is 9.94 Å². The van der Waals surface area contributed by atoms with Crippen LogP contribution in [0.3, 0.4) is 0 Å². The Hall–Kier alpha value is -2.60. The van der Waals surface area contributed by atoms with Crippen LogP contribution in [0.15, 0.2) is 36.4 Å². The minimum Gasteiger partial charge on any atom is -0.494 e. The van der Waals surface area contributed by atoms with Crippen molar-refractivity contribution in [2.24, 2.45) is 7.05 Å². The molecule has 0 saturated carbocycles. The second-order valence-corrected chi connectivity index (χ2v) is 4.77. The molecule has 0 saturated heterocycles. The number of ketones is 1. The Morgan fingerprint density at radius 3 is 2.45 bits per heavy atom. The van der Waals surface area contributed by atoms with Crippen molar-refractivity contribution in [1.82, 2.24) is 10.0 Å². The molecule has 22 heavy (non-hydrogen) atoms. The molecule has 0 atom stereocenters. The Morgan fingerprint density at radius 1 is 1.18 bits per heavy atom. The van der Waals surface area contributed by atoms with Crippen LogP contribution in [0.2, 0.25) is 0 Å². The van der Waals surface area contributed by atoms with E-state index in [1.807, 2.05) is 6.92 Å². The first-order valence-electron chi connectivity index (χ1n) is 6.92. The lowest BCUT2D eigenvalue weighted by molar-refractivity contribution is -0.128. The summed E-state index contributed by atoms with van der Waals surface area (Å²) >= 11 is 0. The van der Waals surface area contributed by atoms with Crippen molar-refractivity contribution in [2.45, 2.75) is 13.3 Å². The van der Waals surface area contributed by atoms with Crippen molar-refractivity contribution in [3.05, 3.63) is 53.3 Å². The molecule has 1 aromatic carbocycles. The zero-order valence-electron chi connectivity index (χ0n) is 12.5. The molecule has 0 bridgehead atoms. The molecule has 6 heteroatoms. The standard InChI is InChI=1S/C16H18N2O4/c1-3-22-13-7-4-11(5-8-13)16(20)14-9-6-12(18(14)2)10-15(19)17-21/h4-9,21H,3,10H2,1-2H3,(H,17,19). The molecule has 2 aromatic rings. The Bertz CT molecular complexity index is 674. The van der Waals surface area contributed by atoms with Gasteiger partial charge in [-0.3, -0.25) is 14.8 Å². The predicted molar refractivity (Wildman–Crippen MR) is 80.1 cm³/mol. The van der Waals surface area contributed by atoms with E-state index in [1.165, 1.54) is 0 Å². The molecular weight excluding hydrogens is 284 g/mol. The van der Waals surface area contributed by atoms with Gasteiger partial charge in [0.1, 0.15) is 5.75 Å². The van der Waals surface area contributed by atoms with Crippen LogP contribution in [0, 0.1) is 0 Å². The predicted octanol–water partition coefficient (Wildman–Crippen LogP) is 1.70. The van der Waals surface area contributed by atoms with Crippen molar-refractivity contribution < 1.29 is 19.5 Å². The highest BCUT2D eigenvalue weighted by atomic mass is 16.5. The molecule has 1 heterocycles. The number of carbonyl (C=O) groups is 2. The molecule has 1 amide bonds. The highest BCUT2D eigenvalue weighted by Gasteiger charge is 2.16. The van der Waals surface area contributed by atoms with E-state index in [1.54, 1.807) is 53.5 Å². The number of rotatable bonds is 6. The van der Waals surface area contributed by atoms with Gasteiger partial charge in [-0.05, 0) is 43.3 Å². The van der Waals surface area contributed by atoms with Gasteiger partial charge in [-0.2, -0.15) is 0 Å². The largest absolute Gasteiger partial charge is 0.494 e. The third kappa shape index (κ3) is 3.35. The number of carbonyl (C=O) groups excluding carboxylic acids is 2. The van der Waals surface area contributed by atoms with Crippen LogP contribution in [-0.2, 0) is 18.3 Å². The molecule has 0 spiro atoms. The van der Waals surface area contributed by atoms with Gasteiger partial charge in [0.05, 0.1) is 18.7 Å². The van der Waals surface area contributed by atoms with Gasteiger partial charge < -0.3 is 9.30 Å². The molecule has 0 unspecified atom stereocenters. The number of aromatic nitrogens is 1. The van der Waals surface area contributed by atoms with E-state index < -0.39 is 5.91 Å². The van der Waals surface area contributed by atoms with Gasteiger partial charge in [-0.25, -0.2) is 5.48 Å². The van der Waals surface area contributed by atoms with Crippen LogP contribution in [0.5, 0.6) is 5.75 Å². The van der Waals surface area contributed by atoms with Gasteiger partial charge in [0, 0.05) is 18.3 Å². The normalized spacial score (nSPS) is 10.3. The van der Waals surface area contributed by atoms with Gasteiger partial charge in [-0.15, -0.1) is 0 Å². The third-order valence-corrected chi connectivity index (χ3v) is 3.35. The zero-order chi connectivity index (χ0) is 16.1. The Balaban J connectivity index is 2.20. The van der Waals surface area contributed by atoms with Crippen LogP contribution in [0.25, 0.3) is 0 Å². The molecule has 1 aromatic heterocycles. The summed E-state index contributed by atoms with van der Waals surface area (Å²) in [4.78, 5) is 23.7. The van der Waals surface area contributed by atoms with Crippen molar-refractivity contribution in [3.8, 4) is 5.75 Å². The smallest absolute Gasteiger partial charge is 0.249 e. The van der Waals surface area contributed by atoms with E-state index in [0.717, 1.165) is 0 Å². The topological polar surface area (TPSA) is 80.6 Å². The molecule has 2 rings (SSSR count). The molecule has 0 aliphatic heterocycles. The first kappa shape index (κ1) is 15.8. The van der Waals surface area contributed by atoms with Gasteiger partial charge in [0.2, 0.25) is 11.7 Å². The summed E-state index contributed by atoms with van der Waals surface area (Å²) < 4.78 is 6.99. The summed E-state index contributed by atoms with van der Waals surface area (Å²) in [6.45, 7) is 2.47. The van der Waals surface area contributed by atoms with E-state index in [2.05, 4.69) is 0 Å². The average molecular weight is 302 g/mol. The molecule has 0 aliphatic rings. The summed E-state index contributed by atoms with van der Waals surface area (Å²) in [6, 6.07) is 10.3. The number of nitrogens with one attached hydrogen (secondary N) is 1. The number of amides is 1. The van der Waals surface area contributed by atoms with Crippen molar-refractivity contribution in [2.75, 3.05) is 6.61 Å². The number of hydrogen-bond donors (Lipinski definition) is 2. The Kier molecular flexibility index (Phi) is 4.95. The third-order valence-electron chi connectivity index (χ3n) is 3.35. The van der Waals surface area contributed by atoms with Crippen molar-refractivity contribution in [3.63, 3.8) is 0 Å². The van der Waals surface area contributed by atoms with Crippen molar-refractivity contribution >= 4 is 11.7 Å². The van der Waals surface area contributed by atoms with Crippen LogP contribution in [0.1, 0.15) is 28.7 Å². The number of hydrogen-bond acceptors (Lipinski definition) is 4. The second kappa shape index (κ2) is 6.91.